The summed E-state index contributed by atoms with van der Waals surface area (Å²) in [6, 6.07) is 1.71. The van der Waals surface area contributed by atoms with E-state index in [1.807, 2.05) is 14.0 Å². The Hall–Kier alpha value is 0.0500. The van der Waals surface area contributed by atoms with E-state index in [1.165, 1.54) is 11.3 Å². The first-order valence-electron chi connectivity index (χ1n) is 6.12. The lowest BCUT2D eigenvalue weighted by Gasteiger charge is -2.44. The van der Waals surface area contributed by atoms with Crippen molar-refractivity contribution < 1.29 is 8.42 Å². The molecule has 0 amide bonds. The summed E-state index contributed by atoms with van der Waals surface area (Å²) in [5.74, 6) is 0. The van der Waals surface area contributed by atoms with Crippen LogP contribution in [-0.2, 0) is 10.0 Å². The molecule has 1 aliphatic heterocycles. The van der Waals surface area contributed by atoms with Crippen molar-refractivity contribution in [2.45, 2.75) is 31.2 Å². The molecule has 2 rings (SSSR count). The fourth-order valence-electron chi connectivity index (χ4n) is 2.23. The molecule has 0 saturated carbocycles. The Kier molecular flexibility index (Phi) is 4.15. The normalized spacial score (nSPS) is 21.7. The smallest absolute Gasteiger partial charge is 0.244 e. The maximum absolute atomic E-state index is 12.7. The van der Waals surface area contributed by atoms with E-state index in [2.05, 4.69) is 34.7 Å². The van der Waals surface area contributed by atoms with Crippen molar-refractivity contribution in [2.24, 2.45) is 0 Å². The second kappa shape index (κ2) is 5.11. The molecule has 108 valence electrons. The quantitative estimate of drug-likeness (QED) is 0.807. The molecule has 2 heterocycles. The van der Waals surface area contributed by atoms with E-state index in [4.69, 9.17) is 0 Å². The number of likely N-dealkylation sites (N-methyl/N-ethyl adjacent to an activating group) is 1. The highest BCUT2D eigenvalue weighted by atomic mass is 79.9. The number of halogens is 1. The Morgan fingerprint density at radius 1 is 1.37 bits per heavy atom. The third-order valence-electron chi connectivity index (χ3n) is 3.74. The predicted octanol–water partition coefficient (Wildman–Crippen LogP) is 2.53. The van der Waals surface area contributed by atoms with Gasteiger partial charge in [-0.1, -0.05) is 0 Å². The molecule has 0 bridgehead atoms. The van der Waals surface area contributed by atoms with Crippen LogP contribution in [0.4, 0.5) is 0 Å². The molecular weight excluding hydrogens is 348 g/mol. The van der Waals surface area contributed by atoms with Gasteiger partial charge in [-0.05, 0) is 49.8 Å². The standard InChI is InChI=1S/C12H19BrN2O2S2/c1-9-10(7-11(13)18-9)19(16,17)15-6-5-14(4)12(2,3)8-15/h7H,5-6,8H2,1-4H3. The Morgan fingerprint density at radius 2 is 2.00 bits per heavy atom. The number of hydrogen-bond acceptors (Lipinski definition) is 4. The summed E-state index contributed by atoms with van der Waals surface area (Å²) < 4.78 is 27.9. The summed E-state index contributed by atoms with van der Waals surface area (Å²) in [5, 5.41) is 0. The Morgan fingerprint density at radius 3 is 2.47 bits per heavy atom. The zero-order valence-electron chi connectivity index (χ0n) is 11.6. The van der Waals surface area contributed by atoms with Gasteiger partial charge in [0.2, 0.25) is 10.0 Å². The monoisotopic (exact) mass is 366 g/mol. The van der Waals surface area contributed by atoms with Crippen LogP contribution >= 0.6 is 27.3 Å². The molecule has 1 fully saturated rings. The fraction of sp³-hybridized carbons (Fsp3) is 0.667. The predicted molar refractivity (Wildman–Crippen MR) is 82.2 cm³/mol. The molecule has 0 atom stereocenters. The van der Waals surface area contributed by atoms with Crippen molar-refractivity contribution in [1.29, 1.82) is 0 Å². The van der Waals surface area contributed by atoms with Crippen LogP contribution in [0.2, 0.25) is 0 Å². The largest absolute Gasteiger partial charge is 0.299 e. The second-order valence-electron chi connectivity index (χ2n) is 5.54. The first kappa shape index (κ1) is 15.4. The van der Waals surface area contributed by atoms with Crippen LogP contribution in [0.25, 0.3) is 0 Å². The molecule has 1 aromatic rings. The molecule has 7 heteroatoms. The van der Waals surface area contributed by atoms with Gasteiger partial charge in [0.05, 0.1) is 8.68 Å². The van der Waals surface area contributed by atoms with Gasteiger partial charge >= 0.3 is 0 Å². The molecule has 0 unspecified atom stereocenters. The van der Waals surface area contributed by atoms with E-state index in [1.54, 1.807) is 10.4 Å². The number of rotatable bonds is 2. The van der Waals surface area contributed by atoms with Gasteiger partial charge in [0.25, 0.3) is 0 Å². The van der Waals surface area contributed by atoms with E-state index < -0.39 is 10.0 Å². The van der Waals surface area contributed by atoms with Crippen molar-refractivity contribution in [2.75, 3.05) is 26.7 Å². The van der Waals surface area contributed by atoms with E-state index in [9.17, 15) is 8.42 Å². The first-order chi connectivity index (χ1) is 8.64. The molecule has 0 aliphatic carbocycles. The summed E-state index contributed by atoms with van der Waals surface area (Å²) in [6.07, 6.45) is 0. The maximum Gasteiger partial charge on any atom is 0.244 e. The Labute approximate surface area is 127 Å². The van der Waals surface area contributed by atoms with Crippen molar-refractivity contribution in [3.05, 3.63) is 14.7 Å². The fourth-order valence-corrected chi connectivity index (χ4v) is 6.20. The second-order valence-corrected chi connectivity index (χ2v) is 10.1. The van der Waals surface area contributed by atoms with Crippen LogP contribution in [-0.4, -0.2) is 49.8 Å². The number of thiophene rings is 1. The first-order valence-corrected chi connectivity index (χ1v) is 9.17. The Balaban J connectivity index is 2.34. The molecule has 0 N–H and O–H groups in total. The van der Waals surface area contributed by atoms with Gasteiger partial charge in [-0.15, -0.1) is 11.3 Å². The van der Waals surface area contributed by atoms with Crippen LogP contribution in [0.15, 0.2) is 14.7 Å². The average molecular weight is 367 g/mol. The lowest BCUT2D eigenvalue weighted by molar-refractivity contribution is 0.0801. The van der Waals surface area contributed by atoms with Crippen LogP contribution in [0.1, 0.15) is 18.7 Å². The zero-order valence-corrected chi connectivity index (χ0v) is 14.8. The van der Waals surface area contributed by atoms with E-state index in [0.717, 1.165) is 15.2 Å². The molecule has 0 aromatic carbocycles. The minimum Gasteiger partial charge on any atom is -0.299 e. The van der Waals surface area contributed by atoms with Gasteiger partial charge in [0.1, 0.15) is 0 Å². The van der Waals surface area contributed by atoms with Crippen LogP contribution in [0, 0.1) is 6.92 Å². The van der Waals surface area contributed by atoms with Crippen LogP contribution < -0.4 is 0 Å². The number of hydrogen-bond donors (Lipinski definition) is 0. The number of sulfonamides is 1. The summed E-state index contributed by atoms with van der Waals surface area (Å²) in [4.78, 5) is 3.48. The van der Waals surface area contributed by atoms with E-state index in [0.29, 0.717) is 18.0 Å². The number of nitrogens with zero attached hydrogens (tertiary/aromatic N) is 2. The highest BCUT2D eigenvalue weighted by Gasteiger charge is 2.38. The van der Waals surface area contributed by atoms with E-state index in [-0.39, 0.29) is 5.54 Å². The molecule has 1 aliphatic rings. The number of aryl methyl sites for hydroxylation is 1. The lowest BCUT2D eigenvalue weighted by Crippen LogP contribution is -2.58. The maximum atomic E-state index is 12.7. The van der Waals surface area contributed by atoms with E-state index >= 15 is 0 Å². The van der Waals surface area contributed by atoms with Gasteiger partial charge in [0, 0.05) is 30.1 Å². The van der Waals surface area contributed by atoms with Gasteiger partial charge in [-0.25, -0.2) is 8.42 Å². The van der Waals surface area contributed by atoms with Crippen molar-refractivity contribution in [1.82, 2.24) is 9.21 Å². The van der Waals surface area contributed by atoms with Crippen molar-refractivity contribution in [3.63, 3.8) is 0 Å². The highest BCUT2D eigenvalue weighted by molar-refractivity contribution is 9.11. The Bertz CT molecular complexity index is 581. The van der Waals surface area contributed by atoms with Gasteiger partial charge in [0.15, 0.2) is 0 Å². The van der Waals surface area contributed by atoms with Crippen LogP contribution in [0.5, 0.6) is 0 Å². The summed E-state index contributed by atoms with van der Waals surface area (Å²) in [5.41, 5.74) is -0.132. The lowest BCUT2D eigenvalue weighted by atomic mass is 10.0. The minimum atomic E-state index is -3.38. The molecule has 0 radical (unpaired) electrons. The summed E-state index contributed by atoms with van der Waals surface area (Å²) in [6.45, 7) is 7.84. The number of piperazine rings is 1. The summed E-state index contributed by atoms with van der Waals surface area (Å²) in [7, 11) is -1.34. The molecular formula is C12H19BrN2O2S2. The topological polar surface area (TPSA) is 40.6 Å². The molecule has 1 saturated heterocycles. The van der Waals surface area contributed by atoms with Gasteiger partial charge < -0.3 is 0 Å². The minimum absolute atomic E-state index is 0.132. The third kappa shape index (κ3) is 2.90. The third-order valence-corrected chi connectivity index (χ3v) is 7.40. The van der Waals surface area contributed by atoms with Crippen molar-refractivity contribution >= 4 is 37.3 Å². The average Bonchev–Trinajstić information content (AvgIpc) is 2.62. The SMILES string of the molecule is Cc1sc(Br)cc1S(=O)(=O)N1CCN(C)C(C)(C)C1. The molecule has 4 nitrogen and oxygen atoms in total. The van der Waals surface area contributed by atoms with Crippen molar-refractivity contribution in [3.8, 4) is 0 Å². The molecule has 1 aromatic heterocycles. The van der Waals surface area contributed by atoms with Crippen LogP contribution in [0.3, 0.4) is 0 Å². The van der Waals surface area contributed by atoms with Gasteiger partial charge in [-0.3, -0.25) is 4.90 Å². The zero-order chi connectivity index (χ0) is 14.4. The summed E-state index contributed by atoms with van der Waals surface area (Å²) >= 11 is 4.82. The molecule has 19 heavy (non-hydrogen) atoms. The van der Waals surface area contributed by atoms with Gasteiger partial charge in [-0.2, -0.15) is 4.31 Å². The highest BCUT2D eigenvalue weighted by Crippen LogP contribution is 2.33. The molecule has 0 spiro atoms.